The number of methoxy groups -OCH3 is 1. The van der Waals surface area contributed by atoms with Crippen LogP contribution >= 0.6 is 0 Å². The third kappa shape index (κ3) is 4.61. The third-order valence-corrected chi connectivity index (χ3v) is 2.86. The van der Waals surface area contributed by atoms with Gasteiger partial charge < -0.3 is 10.1 Å². The van der Waals surface area contributed by atoms with Crippen molar-refractivity contribution in [2.45, 2.75) is 58.5 Å². The van der Waals surface area contributed by atoms with E-state index in [0.717, 1.165) is 12.8 Å². The number of esters is 1. The first-order chi connectivity index (χ1) is 6.47. The number of hydrogen-bond donors (Lipinski definition) is 1. The number of ether oxygens (including phenoxy) is 1. The van der Waals surface area contributed by atoms with E-state index in [-0.39, 0.29) is 17.6 Å². The average Bonchev–Trinajstić information content (AvgIpc) is 2.17. The molecule has 0 saturated heterocycles. The lowest BCUT2D eigenvalue weighted by atomic mass is 9.94. The second kappa shape index (κ2) is 6.02. The zero-order valence-electron chi connectivity index (χ0n) is 10.0. The maximum Gasteiger partial charge on any atom is 0.307 e. The van der Waals surface area contributed by atoms with Crippen LogP contribution in [0.2, 0.25) is 0 Å². The molecule has 0 rings (SSSR count). The molecule has 3 heteroatoms. The molecule has 0 fully saturated rings. The van der Waals surface area contributed by atoms with E-state index in [2.05, 4.69) is 30.8 Å². The summed E-state index contributed by atoms with van der Waals surface area (Å²) >= 11 is 0. The summed E-state index contributed by atoms with van der Waals surface area (Å²) in [7, 11) is 1.42. The molecule has 0 aliphatic carbocycles. The standard InChI is InChI=1S/C11H23NO2/c1-6-11(4,7-2)12-9(3)8-10(13)14-5/h9,12H,6-8H2,1-5H3. The van der Waals surface area contributed by atoms with Gasteiger partial charge in [-0.05, 0) is 26.7 Å². The number of nitrogens with one attached hydrogen (secondary N) is 1. The lowest BCUT2D eigenvalue weighted by molar-refractivity contribution is -0.141. The third-order valence-electron chi connectivity index (χ3n) is 2.86. The van der Waals surface area contributed by atoms with Crippen LogP contribution in [0.25, 0.3) is 0 Å². The fourth-order valence-corrected chi connectivity index (χ4v) is 1.43. The van der Waals surface area contributed by atoms with Crippen molar-refractivity contribution in [2.24, 2.45) is 0 Å². The molecule has 0 bridgehead atoms. The van der Waals surface area contributed by atoms with Gasteiger partial charge in [0, 0.05) is 11.6 Å². The quantitative estimate of drug-likeness (QED) is 0.669. The van der Waals surface area contributed by atoms with Gasteiger partial charge in [-0.15, -0.1) is 0 Å². The van der Waals surface area contributed by atoms with Crippen molar-refractivity contribution >= 4 is 5.97 Å². The van der Waals surface area contributed by atoms with E-state index in [1.807, 2.05) is 6.92 Å². The minimum absolute atomic E-state index is 0.132. The maximum absolute atomic E-state index is 11.0. The normalized spacial score (nSPS) is 13.8. The van der Waals surface area contributed by atoms with Crippen molar-refractivity contribution in [2.75, 3.05) is 7.11 Å². The van der Waals surface area contributed by atoms with Gasteiger partial charge in [-0.2, -0.15) is 0 Å². The summed E-state index contributed by atoms with van der Waals surface area (Å²) in [5, 5.41) is 3.46. The average molecular weight is 201 g/mol. The van der Waals surface area contributed by atoms with E-state index in [0.29, 0.717) is 6.42 Å². The summed E-state index contributed by atoms with van der Waals surface area (Å²) in [5.41, 5.74) is 0.132. The van der Waals surface area contributed by atoms with Gasteiger partial charge in [-0.25, -0.2) is 0 Å². The van der Waals surface area contributed by atoms with Gasteiger partial charge in [0.15, 0.2) is 0 Å². The first kappa shape index (κ1) is 13.4. The molecule has 3 nitrogen and oxygen atoms in total. The molecule has 0 amide bonds. The number of hydrogen-bond acceptors (Lipinski definition) is 3. The Morgan fingerprint density at radius 2 is 1.93 bits per heavy atom. The largest absolute Gasteiger partial charge is 0.469 e. The Labute approximate surface area is 87.2 Å². The van der Waals surface area contributed by atoms with Crippen LogP contribution in [0.1, 0.15) is 47.0 Å². The van der Waals surface area contributed by atoms with Crippen LogP contribution < -0.4 is 5.32 Å². The fourth-order valence-electron chi connectivity index (χ4n) is 1.43. The monoisotopic (exact) mass is 201 g/mol. The molecule has 1 unspecified atom stereocenters. The Bertz CT molecular complexity index is 176. The summed E-state index contributed by atoms with van der Waals surface area (Å²) in [6, 6.07) is 0.173. The topological polar surface area (TPSA) is 38.3 Å². The van der Waals surface area contributed by atoms with Gasteiger partial charge in [0.2, 0.25) is 0 Å². The van der Waals surface area contributed by atoms with E-state index >= 15 is 0 Å². The van der Waals surface area contributed by atoms with Crippen LogP contribution in [0.3, 0.4) is 0 Å². The van der Waals surface area contributed by atoms with Gasteiger partial charge in [-0.1, -0.05) is 13.8 Å². The summed E-state index contributed by atoms with van der Waals surface area (Å²) in [4.78, 5) is 11.0. The van der Waals surface area contributed by atoms with E-state index in [1.165, 1.54) is 7.11 Å². The van der Waals surface area contributed by atoms with Crippen molar-refractivity contribution < 1.29 is 9.53 Å². The molecule has 0 spiro atoms. The zero-order chi connectivity index (χ0) is 11.2. The summed E-state index contributed by atoms with van der Waals surface area (Å²) in [5.74, 6) is -0.153. The van der Waals surface area contributed by atoms with Crippen LogP contribution in [0.4, 0.5) is 0 Å². The Kier molecular flexibility index (Phi) is 5.77. The lowest BCUT2D eigenvalue weighted by Gasteiger charge is -2.31. The second-order valence-electron chi connectivity index (χ2n) is 4.09. The SMILES string of the molecule is CCC(C)(CC)NC(C)CC(=O)OC. The van der Waals surface area contributed by atoms with Crippen molar-refractivity contribution in [3.8, 4) is 0 Å². The predicted molar refractivity (Wildman–Crippen MR) is 58.2 cm³/mol. The summed E-state index contributed by atoms with van der Waals surface area (Å²) in [6.45, 7) is 8.50. The molecule has 84 valence electrons. The zero-order valence-corrected chi connectivity index (χ0v) is 10.0. The predicted octanol–water partition coefficient (Wildman–Crippen LogP) is 2.11. The highest BCUT2D eigenvalue weighted by atomic mass is 16.5. The molecule has 0 aromatic rings. The number of rotatable bonds is 6. The Morgan fingerprint density at radius 1 is 1.43 bits per heavy atom. The molecule has 14 heavy (non-hydrogen) atoms. The van der Waals surface area contributed by atoms with E-state index < -0.39 is 0 Å². The molecule has 1 N–H and O–H groups in total. The minimum Gasteiger partial charge on any atom is -0.469 e. The Morgan fingerprint density at radius 3 is 2.29 bits per heavy atom. The second-order valence-corrected chi connectivity index (χ2v) is 4.09. The van der Waals surface area contributed by atoms with Gasteiger partial charge in [0.25, 0.3) is 0 Å². The summed E-state index contributed by atoms with van der Waals surface area (Å²) in [6.07, 6.45) is 2.57. The van der Waals surface area contributed by atoms with Gasteiger partial charge in [0.05, 0.1) is 13.5 Å². The van der Waals surface area contributed by atoms with Gasteiger partial charge in [-0.3, -0.25) is 4.79 Å². The number of carbonyl (C=O) groups is 1. The van der Waals surface area contributed by atoms with E-state index in [4.69, 9.17) is 0 Å². The molecule has 1 atom stereocenters. The maximum atomic E-state index is 11.0. The van der Waals surface area contributed by atoms with Crippen molar-refractivity contribution in [3.63, 3.8) is 0 Å². The lowest BCUT2D eigenvalue weighted by Crippen LogP contribution is -2.46. The minimum atomic E-state index is -0.153. The first-order valence-electron chi connectivity index (χ1n) is 5.32. The highest BCUT2D eigenvalue weighted by Gasteiger charge is 2.22. The van der Waals surface area contributed by atoms with E-state index in [1.54, 1.807) is 0 Å². The smallest absolute Gasteiger partial charge is 0.307 e. The Hall–Kier alpha value is -0.570. The molecule has 0 aromatic carbocycles. The van der Waals surface area contributed by atoms with Gasteiger partial charge >= 0.3 is 5.97 Å². The van der Waals surface area contributed by atoms with Crippen molar-refractivity contribution in [1.29, 1.82) is 0 Å². The van der Waals surface area contributed by atoms with Gasteiger partial charge in [0.1, 0.15) is 0 Å². The highest BCUT2D eigenvalue weighted by Crippen LogP contribution is 2.15. The van der Waals surface area contributed by atoms with Crippen LogP contribution in [0, 0.1) is 0 Å². The van der Waals surface area contributed by atoms with Crippen LogP contribution in [0.5, 0.6) is 0 Å². The Balaban J connectivity index is 4.03. The van der Waals surface area contributed by atoms with E-state index in [9.17, 15) is 4.79 Å². The molecule has 0 heterocycles. The van der Waals surface area contributed by atoms with Crippen LogP contribution in [-0.2, 0) is 9.53 Å². The summed E-state index contributed by atoms with van der Waals surface area (Å²) < 4.78 is 4.62. The molecule has 0 saturated carbocycles. The molecule has 0 aliphatic rings. The highest BCUT2D eigenvalue weighted by molar-refractivity contribution is 5.69. The molecule has 0 aromatic heterocycles. The molecular weight excluding hydrogens is 178 g/mol. The molecular formula is C11H23NO2. The van der Waals surface area contributed by atoms with Crippen molar-refractivity contribution in [3.05, 3.63) is 0 Å². The molecule has 0 aliphatic heterocycles. The molecule has 0 radical (unpaired) electrons. The van der Waals surface area contributed by atoms with Crippen LogP contribution in [-0.4, -0.2) is 24.7 Å². The number of carbonyl (C=O) groups excluding carboxylic acids is 1. The first-order valence-corrected chi connectivity index (χ1v) is 5.32. The van der Waals surface area contributed by atoms with Crippen LogP contribution in [0.15, 0.2) is 0 Å². The van der Waals surface area contributed by atoms with Crippen molar-refractivity contribution in [1.82, 2.24) is 5.32 Å². The fraction of sp³-hybridized carbons (Fsp3) is 0.909.